The maximum Gasteiger partial charge on any atom is 0.0641 e. The van der Waals surface area contributed by atoms with E-state index in [1.165, 1.54) is 24.3 Å². The number of hydrogen-bond donors (Lipinski definition) is 1. The second kappa shape index (κ2) is 4.04. The molecule has 10 heavy (non-hydrogen) atoms. The molecule has 0 saturated carbocycles. The van der Waals surface area contributed by atoms with Gasteiger partial charge in [-0.3, -0.25) is 0 Å². The second-order valence-electron chi connectivity index (χ2n) is 2.70. The van der Waals surface area contributed by atoms with Crippen LogP contribution in [0.2, 0.25) is 0 Å². The molecule has 1 saturated heterocycles. The molecule has 0 atom stereocenters. The Morgan fingerprint density at radius 1 is 1.50 bits per heavy atom. The van der Waals surface area contributed by atoms with Crippen molar-refractivity contribution < 1.29 is 5.11 Å². The summed E-state index contributed by atoms with van der Waals surface area (Å²) in [6.07, 6.45) is 2.42. The van der Waals surface area contributed by atoms with Crippen LogP contribution in [0.3, 0.4) is 0 Å². The van der Waals surface area contributed by atoms with E-state index in [0.29, 0.717) is 5.92 Å². The first-order valence-corrected chi connectivity index (χ1v) is 4.86. The Morgan fingerprint density at radius 3 is 2.60 bits per heavy atom. The molecule has 1 N–H and O–H groups in total. The minimum absolute atomic E-state index is 0.176. The average molecular weight is 158 g/mol. The lowest BCUT2D eigenvalue weighted by atomic mass is 9.95. The van der Waals surface area contributed by atoms with Gasteiger partial charge in [0.25, 0.3) is 0 Å². The quantitative estimate of drug-likeness (QED) is 0.617. The van der Waals surface area contributed by atoms with Gasteiger partial charge in [-0.05, 0) is 35.8 Å². The highest BCUT2D eigenvalue weighted by molar-refractivity contribution is 7.99. The van der Waals surface area contributed by atoms with E-state index in [1.807, 2.05) is 11.8 Å². The zero-order valence-electron chi connectivity index (χ0n) is 6.18. The van der Waals surface area contributed by atoms with Crippen LogP contribution >= 0.6 is 11.8 Å². The SMILES string of the molecule is C=C(CO)C1CCSCC1. The zero-order valence-corrected chi connectivity index (χ0v) is 6.99. The Bertz CT molecular complexity index is 116. The van der Waals surface area contributed by atoms with Gasteiger partial charge < -0.3 is 5.11 Å². The van der Waals surface area contributed by atoms with Gasteiger partial charge in [-0.2, -0.15) is 11.8 Å². The lowest BCUT2D eigenvalue weighted by Crippen LogP contribution is -2.13. The van der Waals surface area contributed by atoms with Crippen molar-refractivity contribution in [2.75, 3.05) is 18.1 Å². The molecule has 58 valence electrons. The summed E-state index contributed by atoms with van der Waals surface area (Å²) >= 11 is 2.00. The summed E-state index contributed by atoms with van der Waals surface area (Å²) in [5.41, 5.74) is 1.03. The Balaban J connectivity index is 2.31. The van der Waals surface area contributed by atoms with Gasteiger partial charge in [0.15, 0.2) is 0 Å². The summed E-state index contributed by atoms with van der Waals surface area (Å²) in [7, 11) is 0. The van der Waals surface area contributed by atoms with Crippen LogP contribution in [0.15, 0.2) is 12.2 Å². The van der Waals surface area contributed by atoms with Crippen molar-refractivity contribution in [3.8, 4) is 0 Å². The van der Waals surface area contributed by atoms with E-state index in [2.05, 4.69) is 6.58 Å². The molecular formula is C8H14OS. The second-order valence-corrected chi connectivity index (χ2v) is 3.93. The monoisotopic (exact) mass is 158 g/mol. The van der Waals surface area contributed by atoms with Gasteiger partial charge in [0.1, 0.15) is 0 Å². The highest BCUT2D eigenvalue weighted by Gasteiger charge is 2.15. The molecule has 0 aromatic carbocycles. The van der Waals surface area contributed by atoms with E-state index < -0.39 is 0 Å². The van der Waals surface area contributed by atoms with Crippen molar-refractivity contribution in [2.24, 2.45) is 5.92 Å². The molecule has 1 rings (SSSR count). The smallest absolute Gasteiger partial charge is 0.0641 e. The topological polar surface area (TPSA) is 20.2 Å². The van der Waals surface area contributed by atoms with Crippen molar-refractivity contribution >= 4 is 11.8 Å². The van der Waals surface area contributed by atoms with Crippen molar-refractivity contribution in [1.82, 2.24) is 0 Å². The van der Waals surface area contributed by atoms with Crippen LogP contribution in [0, 0.1) is 5.92 Å². The Labute approximate surface area is 66.5 Å². The van der Waals surface area contributed by atoms with E-state index in [-0.39, 0.29) is 6.61 Å². The largest absolute Gasteiger partial charge is 0.392 e. The van der Waals surface area contributed by atoms with E-state index in [4.69, 9.17) is 5.11 Å². The van der Waals surface area contributed by atoms with E-state index in [0.717, 1.165) is 5.57 Å². The number of aliphatic hydroxyl groups is 1. The maximum absolute atomic E-state index is 8.78. The molecular weight excluding hydrogens is 144 g/mol. The Morgan fingerprint density at radius 2 is 2.10 bits per heavy atom. The summed E-state index contributed by atoms with van der Waals surface area (Å²) in [5, 5.41) is 8.78. The fraction of sp³-hybridized carbons (Fsp3) is 0.750. The van der Waals surface area contributed by atoms with E-state index >= 15 is 0 Å². The molecule has 0 unspecified atom stereocenters. The Hall–Kier alpha value is 0.0500. The molecule has 1 fully saturated rings. The normalized spacial score (nSPS) is 20.9. The summed E-state index contributed by atoms with van der Waals surface area (Å²) in [5.74, 6) is 3.08. The van der Waals surface area contributed by atoms with Gasteiger partial charge in [-0.15, -0.1) is 0 Å². The van der Waals surface area contributed by atoms with Gasteiger partial charge >= 0.3 is 0 Å². The van der Waals surface area contributed by atoms with Crippen LogP contribution in [-0.2, 0) is 0 Å². The fourth-order valence-corrected chi connectivity index (χ4v) is 2.34. The third-order valence-electron chi connectivity index (χ3n) is 2.00. The molecule has 0 bridgehead atoms. The average Bonchev–Trinajstić information content (AvgIpc) is 2.05. The first-order valence-electron chi connectivity index (χ1n) is 3.71. The van der Waals surface area contributed by atoms with Gasteiger partial charge in [0.2, 0.25) is 0 Å². The molecule has 0 amide bonds. The van der Waals surface area contributed by atoms with E-state index in [1.54, 1.807) is 0 Å². The third kappa shape index (κ3) is 2.03. The van der Waals surface area contributed by atoms with Crippen molar-refractivity contribution in [3.05, 3.63) is 12.2 Å². The number of aliphatic hydroxyl groups excluding tert-OH is 1. The zero-order chi connectivity index (χ0) is 7.40. The molecule has 0 radical (unpaired) electrons. The first-order chi connectivity index (χ1) is 4.84. The molecule has 1 aliphatic heterocycles. The number of hydrogen-bond acceptors (Lipinski definition) is 2. The molecule has 0 aromatic heterocycles. The number of thioether (sulfide) groups is 1. The standard InChI is InChI=1S/C8H14OS/c1-7(6-9)8-2-4-10-5-3-8/h8-9H,1-6H2. The van der Waals surface area contributed by atoms with Gasteiger partial charge in [-0.25, -0.2) is 0 Å². The predicted octanol–water partition coefficient (Wildman–Crippen LogP) is 1.68. The van der Waals surface area contributed by atoms with Gasteiger partial charge in [0, 0.05) is 0 Å². The molecule has 1 heterocycles. The highest BCUT2D eigenvalue weighted by Crippen LogP contribution is 2.27. The molecule has 1 aliphatic rings. The molecule has 0 aliphatic carbocycles. The number of rotatable bonds is 2. The minimum atomic E-state index is 0.176. The molecule has 2 heteroatoms. The van der Waals surface area contributed by atoms with Crippen LogP contribution in [0.1, 0.15) is 12.8 Å². The molecule has 0 aromatic rings. The van der Waals surface area contributed by atoms with Gasteiger partial charge in [-0.1, -0.05) is 6.58 Å². The maximum atomic E-state index is 8.78. The molecule has 1 nitrogen and oxygen atoms in total. The van der Waals surface area contributed by atoms with Crippen LogP contribution in [-0.4, -0.2) is 23.2 Å². The minimum Gasteiger partial charge on any atom is -0.392 e. The van der Waals surface area contributed by atoms with Crippen LogP contribution < -0.4 is 0 Å². The highest BCUT2D eigenvalue weighted by atomic mass is 32.2. The summed E-state index contributed by atoms with van der Waals surface area (Å²) in [4.78, 5) is 0. The van der Waals surface area contributed by atoms with Crippen LogP contribution in [0.25, 0.3) is 0 Å². The predicted molar refractivity (Wildman–Crippen MR) is 46.3 cm³/mol. The van der Waals surface area contributed by atoms with Crippen molar-refractivity contribution in [3.63, 3.8) is 0 Å². The van der Waals surface area contributed by atoms with Gasteiger partial charge in [0.05, 0.1) is 6.61 Å². The summed E-state index contributed by atoms with van der Waals surface area (Å²) in [6, 6.07) is 0. The lowest BCUT2D eigenvalue weighted by Gasteiger charge is -2.21. The fourth-order valence-electron chi connectivity index (χ4n) is 1.23. The summed E-state index contributed by atoms with van der Waals surface area (Å²) < 4.78 is 0. The van der Waals surface area contributed by atoms with Crippen molar-refractivity contribution in [2.45, 2.75) is 12.8 Å². The Kier molecular flexibility index (Phi) is 3.29. The first kappa shape index (κ1) is 8.15. The van der Waals surface area contributed by atoms with Crippen LogP contribution in [0.5, 0.6) is 0 Å². The lowest BCUT2D eigenvalue weighted by molar-refractivity contribution is 0.310. The van der Waals surface area contributed by atoms with E-state index in [9.17, 15) is 0 Å². The van der Waals surface area contributed by atoms with Crippen LogP contribution in [0.4, 0.5) is 0 Å². The molecule has 0 spiro atoms. The summed E-state index contributed by atoms with van der Waals surface area (Å²) in [6.45, 7) is 4.01. The third-order valence-corrected chi connectivity index (χ3v) is 3.05. The van der Waals surface area contributed by atoms with Crippen molar-refractivity contribution in [1.29, 1.82) is 0 Å².